The fourth-order valence-corrected chi connectivity index (χ4v) is 4.46. The van der Waals surface area contributed by atoms with Crippen molar-refractivity contribution in [3.63, 3.8) is 0 Å². The van der Waals surface area contributed by atoms with E-state index in [4.69, 9.17) is 16.3 Å². The lowest BCUT2D eigenvalue weighted by Gasteiger charge is -2.26. The van der Waals surface area contributed by atoms with Crippen LogP contribution in [0.25, 0.3) is 0 Å². The molecule has 1 atom stereocenters. The van der Waals surface area contributed by atoms with Gasteiger partial charge < -0.3 is 4.74 Å². The Balaban J connectivity index is 1.94. The van der Waals surface area contributed by atoms with E-state index < -0.39 is 10.0 Å². The smallest absolute Gasteiger partial charge is 0.302 e. The summed E-state index contributed by atoms with van der Waals surface area (Å²) < 4.78 is 33.1. The van der Waals surface area contributed by atoms with Gasteiger partial charge in [0.25, 0.3) is 10.0 Å². The van der Waals surface area contributed by atoms with Gasteiger partial charge in [0.1, 0.15) is 0 Å². The highest BCUT2D eigenvalue weighted by Gasteiger charge is 2.39. The maximum absolute atomic E-state index is 13.2. The Morgan fingerprint density at radius 2 is 1.84 bits per heavy atom. The molecule has 5 nitrogen and oxygen atoms in total. The van der Waals surface area contributed by atoms with E-state index in [2.05, 4.69) is 4.99 Å². The van der Waals surface area contributed by atoms with Gasteiger partial charge in [-0.2, -0.15) is 0 Å². The van der Waals surface area contributed by atoms with Crippen LogP contribution >= 0.6 is 11.6 Å². The molecular formula is C18H19ClN2O3S. The average Bonchev–Trinajstić information content (AvgIpc) is 3.00. The number of aliphatic imine (C=N–C) groups is 1. The van der Waals surface area contributed by atoms with Crippen LogP contribution in [0.3, 0.4) is 0 Å². The largest absolute Gasteiger partial charge is 0.465 e. The van der Waals surface area contributed by atoms with Gasteiger partial charge in [-0.3, -0.25) is 0 Å². The molecule has 0 aromatic heterocycles. The highest BCUT2D eigenvalue weighted by molar-refractivity contribution is 7.89. The summed E-state index contributed by atoms with van der Waals surface area (Å²) in [7, 11) is -3.78. The van der Waals surface area contributed by atoms with E-state index in [-0.39, 0.29) is 17.0 Å². The molecule has 1 aliphatic heterocycles. The van der Waals surface area contributed by atoms with Crippen molar-refractivity contribution in [1.82, 2.24) is 4.31 Å². The van der Waals surface area contributed by atoms with Crippen molar-refractivity contribution in [2.75, 3.05) is 13.2 Å². The quantitative estimate of drug-likeness (QED) is 0.801. The Labute approximate surface area is 153 Å². The number of nitrogens with zero attached hydrogens (tertiary/aromatic N) is 2. The van der Waals surface area contributed by atoms with Crippen molar-refractivity contribution in [3.05, 3.63) is 65.2 Å². The Morgan fingerprint density at radius 3 is 2.48 bits per heavy atom. The number of amidine groups is 1. The van der Waals surface area contributed by atoms with Crippen LogP contribution in [0.2, 0.25) is 5.02 Å². The monoisotopic (exact) mass is 378 g/mol. The van der Waals surface area contributed by atoms with Crippen molar-refractivity contribution < 1.29 is 13.2 Å². The van der Waals surface area contributed by atoms with E-state index in [9.17, 15) is 8.42 Å². The molecule has 0 saturated heterocycles. The summed E-state index contributed by atoms with van der Waals surface area (Å²) in [5, 5.41) is 0.486. The second-order valence-electron chi connectivity index (χ2n) is 5.65. The lowest BCUT2D eigenvalue weighted by Crippen LogP contribution is -2.43. The predicted molar refractivity (Wildman–Crippen MR) is 98.3 cm³/mol. The van der Waals surface area contributed by atoms with Crippen LogP contribution < -0.4 is 0 Å². The normalized spacial score (nSPS) is 17.4. The van der Waals surface area contributed by atoms with Crippen molar-refractivity contribution in [1.29, 1.82) is 0 Å². The topological polar surface area (TPSA) is 59.0 Å². The fourth-order valence-electron chi connectivity index (χ4n) is 2.77. The van der Waals surface area contributed by atoms with Crippen LogP contribution in [-0.4, -0.2) is 37.9 Å². The maximum atomic E-state index is 13.2. The molecule has 2 aromatic carbocycles. The molecule has 0 radical (unpaired) electrons. The molecule has 3 rings (SSSR count). The van der Waals surface area contributed by atoms with Gasteiger partial charge in [-0.05, 0) is 43.2 Å². The first kappa shape index (κ1) is 17.8. The van der Waals surface area contributed by atoms with E-state index in [0.29, 0.717) is 24.6 Å². The van der Waals surface area contributed by atoms with Crippen molar-refractivity contribution in [2.45, 2.75) is 24.3 Å². The van der Waals surface area contributed by atoms with E-state index in [1.54, 1.807) is 19.1 Å². The number of sulfonamides is 1. The number of hydrogen-bond acceptors (Lipinski definition) is 4. The summed E-state index contributed by atoms with van der Waals surface area (Å²) in [4.78, 5) is 4.48. The molecule has 1 unspecified atom stereocenters. The number of halogens is 1. The zero-order valence-corrected chi connectivity index (χ0v) is 15.4. The van der Waals surface area contributed by atoms with Gasteiger partial charge in [0.2, 0.25) is 0 Å². The first-order valence-electron chi connectivity index (χ1n) is 8.03. The lowest BCUT2D eigenvalue weighted by atomic mass is 10.1. The molecule has 2 aromatic rings. The van der Waals surface area contributed by atoms with E-state index in [1.807, 2.05) is 30.3 Å². The first-order valence-corrected chi connectivity index (χ1v) is 9.85. The summed E-state index contributed by atoms with van der Waals surface area (Å²) in [5.41, 5.74) is 1.05. The number of benzene rings is 2. The van der Waals surface area contributed by atoms with Crippen LogP contribution in [0.4, 0.5) is 0 Å². The Hall–Kier alpha value is -2.05. The van der Waals surface area contributed by atoms with Crippen LogP contribution in [-0.2, 0) is 21.2 Å². The third-order valence-corrected chi connectivity index (χ3v) is 6.01. The lowest BCUT2D eigenvalue weighted by molar-refractivity contribution is 0.279. The molecule has 132 valence electrons. The van der Waals surface area contributed by atoms with Gasteiger partial charge in [-0.15, -0.1) is 0 Å². The van der Waals surface area contributed by atoms with E-state index >= 15 is 0 Å². The minimum absolute atomic E-state index is 0.151. The minimum atomic E-state index is -3.78. The van der Waals surface area contributed by atoms with Crippen LogP contribution in [0, 0.1) is 0 Å². The third-order valence-electron chi connectivity index (χ3n) is 3.92. The second-order valence-corrected chi connectivity index (χ2v) is 7.91. The molecule has 0 bridgehead atoms. The standard InChI is InChI=1S/C18H19ClN2O3S/c1-2-24-18-20-13-16(12-14-6-4-3-5-7-14)21(18)25(22,23)17-10-8-15(19)9-11-17/h3-11,16H,2,12-13H2,1H3. The molecule has 1 heterocycles. The zero-order chi connectivity index (χ0) is 17.9. The Kier molecular flexibility index (Phi) is 5.30. The van der Waals surface area contributed by atoms with E-state index in [0.717, 1.165) is 5.56 Å². The van der Waals surface area contributed by atoms with Gasteiger partial charge in [0.05, 0.1) is 24.1 Å². The van der Waals surface area contributed by atoms with Crippen molar-refractivity contribution in [2.24, 2.45) is 4.99 Å². The first-order chi connectivity index (χ1) is 12.0. The third kappa shape index (κ3) is 3.80. The molecule has 7 heteroatoms. The highest BCUT2D eigenvalue weighted by atomic mass is 35.5. The molecule has 1 aliphatic rings. The molecule has 0 amide bonds. The van der Waals surface area contributed by atoms with Crippen molar-refractivity contribution >= 4 is 27.6 Å². The summed E-state index contributed by atoms with van der Waals surface area (Å²) in [6.45, 7) is 2.53. The second kappa shape index (κ2) is 7.45. The Bertz CT molecular complexity index is 852. The highest BCUT2D eigenvalue weighted by Crippen LogP contribution is 2.26. The zero-order valence-electron chi connectivity index (χ0n) is 13.8. The van der Waals surface area contributed by atoms with Gasteiger partial charge in [0.15, 0.2) is 0 Å². The Morgan fingerprint density at radius 1 is 1.16 bits per heavy atom. The summed E-state index contributed by atoms with van der Waals surface area (Å²) in [5.74, 6) is 0. The number of rotatable bonds is 5. The molecule has 0 spiro atoms. The van der Waals surface area contributed by atoms with Crippen LogP contribution in [0.15, 0.2) is 64.5 Å². The maximum Gasteiger partial charge on any atom is 0.302 e. The molecular weight excluding hydrogens is 360 g/mol. The van der Waals surface area contributed by atoms with Gasteiger partial charge in [-0.25, -0.2) is 17.7 Å². The molecule has 0 aliphatic carbocycles. The van der Waals surface area contributed by atoms with Crippen LogP contribution in [0.5, 0.6) is 0 Å². The number of hydrogen-bond donors (Lipinski definition) is 0. The molecule has 0 N–H and O–H groups in total. The number of ether oxygens (including phenoxy) is 1. The summed E-state index contributed by atoms with van der Waals surface area (Å²) in [6, 6.07) is 15.7. The molecule has 0 saturated carbocycles. The molecule has 25 heavy (non-hydrogen) atoms. The van der Waals surface area contributed by atoms with Gasteiger partial charge in [0, 0.05) is 5.02 Å². The summed E-state index contributed by atoms with van der Waals surface area (Å²) in [6.07, 6.45) is 0.563. The SMILES string of the molecule is CCOC1=NCC(Cc2ccccc2)N1S(=O)(=O)c1ccc(Cl)cc1. The molecule has 0 fully saturated rings. The summed E-state index contributed by atoms with van der Waals surface area (Å²) >= 11 is 5.88. The van der Waals surface area contributed by atoms with Crippen LogP contribution in [0.1, 0.15) is 12.5 Å². The van der Waals surface area contributed by atoms with E-state index in [1.165, 1.54) is 16.4 Å². The average molecular weight is 379 g/mol. The predicted octanol–water partition coefficient (Wildman–Crippen LogP) is 3.35. The van der Waals surface area contributed by atoms with Gasteiger partial charge in [-0.1, -0.05) is 41.9 Å². The fraction of sp³-hybridized carbons (Fsp3) is 0.278. The minimum Gasteiger partial charge on any atom is -0.465 e. The van der Waals surface area contributed by atoms with Crippen molar-refractivity contribution in [3.8, 4) is 0 Å². The van der Waals surface area contributed by atoms with Gasteiger partial charge >= 0.3 is 6.02 Å².